The second-order valence-electron chi connectivity index (χ2n) is 4.45. The summed E-state index contributed by atoms with van der Waals surface area (Å²) in [6.45, 7) is 2.07. The summed E-state index contributed by atoms with van der Waals surface area (Å²) < 4.78 is 6.00. The van der Waals surface area contributed by atoms with Gasteiger partial charge < -0.3 is 10.1 Å². The van der Waals surface area contributed by atoms with Gasteiger partial charge in [0, 0.05) is 15.3 Å². The summed E-state index contributed by atoms with van der Waals surface area (Å²) >= 11 is 2.28. The normalized spacial score (nSPS) is 11.8. The van der Waals surface area contributed by atoms with Crippen LogP contribution in [0.4, 0.5) is 5.69 Å². The van der Waals surface area contributed by atoms with Gasteiger partial charge in [0.15, 0.2) is 0 Å². The van der Waals surface area contributed by atoms with Crippen molar-refractivity contribution >= 4 is 34.2 Å². The summed E-state index contributed by atoms with van der Waals surface area (Å²) in [5.41, 5.74) is 2.50. The number of carbonyl (C=O) groups is 1. The highest BCUT2D eigenvalue weighted by Gasteiger charge is 2.13. The summed E-state index contributed by atoms with van der Waals surface area (Å²) in [5, 5.41) is 3.36. The van der Waals surface area contributed by atoms with Crippen LogP contribution in [0.3, 0.4) is 0 Å². The molecule has 0 saturated carbocycles. The van der Waals surface area contributed by atoms with Crippen LogP contribution < -0.4 is 5.32 Å². The van der Waals surface area contributed by atoms with E-state index >= 15 is 0 Å². The average molecular weight is 381 g/mol. The first-order valence-corrected chi connectivity index (χ1v) is 7.39. The van der Waals surface area contributed by atoms with Gasteiger partial charge in [0.1, 0.15) is 0 Å². The Balaban J connectivity index is 2.21. The summed E-state index contributed by atoms with van der Waals surface area (Å²) in [7, 11) is 1.39. The molecule has 0 bridgehead atoms. The summed E-state index contributed by atoms with van der Waals surface area (Å²) in [6, 6.07) is 15.8. The monoisotopic (exact) mass is 381 g/mol. The number of anilines is 1. The molecule has 0 spiro atoms. The van der Waals surface area contributed by atoms with Gasteiger partial charge in [0.2, 0.25) is 0 Å². The van der Waals surface area contributed by atoms with E-state index in [4.69, 9.17) is 4.74 Å². The van der Waals surface area contributed by atoms with Gasteiger partial charge in [-0.25, -0.2) is 4.79 Å². The Morgan fingerprint density at radius 3 is 2.45 bits per heavy atom. The van der Waals surface area contributed by atoms with Crippen molar-refractivity contribution in [3.8, 4) is 0 Å². The molecular weight excluding hydrogens is 365 g/mol. The SMILES string of the molecule is COC(=O)c1ccccc1NC(C)c1ccc(I)cc1. The van der Waals surface area contributed by atoms with Crippen LogP contribution in [0.15, 0.2) is 48.5 Å². The fourth-order valence-corrected chi connectivity index (χ4v) is 2.32. The topological polar surface area (TPSA) is 38.3 Å². The van der Waals surface area contributed by atoms with Gasteiger partial charge in [-0.3, -0.25) is 0 Å². The van der Waals surface area contributed by atoms with Crippen LogP contribution in [-0.4, -0.2) is 13.1 Å². The molecular formula is C16H16INO2. The molecule has 0 aliphatic rings. The molecule has 0 heterocycles. The first-order valence-electron chi connectivity index (χ1n) is 6.31. The fraction of sp³-hybridized carbons (Fsp3) is 0.188. The van der Waals surface area contributed by atoms with Crippen molar-refractivity contribution in [2.75, 3.05) is 12.4 Å². The largest absolute Gasteiger partial charge is 0.465 e. The standard InChI is InChI=1S/C16H16INO2/c1-11(12-7-9-13(17)10-8-12)18-15-6-4-3-5-14(15)16(19)20-2/h3-11,18H,1-2H3. The van der Waals surface area contributed by atoms with E-state index < -0.39 is 0 Å². The van der Waals surface area contributed by atoms with Crippen molar-refractivity contribution in [1.29, 1.82) is 0 Å². The Labute approximate surface area is 132 Å². The van der Waals surface area contributed by atoms with Crippen LogP contribution in [0.5, 0.6) is 0 Å². The van der Waals surface area contributed by atoms with E-state index in [1.54, 1.807) is 6.07 Å². The maximum absolute atomic E-state index is 11.7. The highest BCUT2D eigenvalue weighted by Crippen LogP contribution is 2.23. The van der Waals surface area contributed by atoms with Crippen molar-refractivity contribution < 1.29 is 9.53 Å². The Morgan fingerprint density at radius 2 is 1.80 bits per heavy atom. The zero-order chi connectivity index (χ0) is 14.5. The van der Waals surface area contributed by atoms with Gasteiger partial charge in [-0.1, -0.05) is 24.3 Å². The maximum Gasteiger partial charge on any atom is 0.339 e. The Kier molecular flexibility index (Phi) is 5.00. The molecule has 2 aromatic carbocycles. The van der Waals surface area contributed by atoms with E-state index in [0.29, 0.717) is 5.56 Å². The summed E-state index contributed by atoms with van der Waals surface area (Å²) in [5.74, 6) is -0.331. The van der Waals surface area contributed by atoms with E-state index in [1.807, 2.05) is 18.2 Å². The van der Waals surface area contributed by atoms with Crippen LogP contribution in [-0.2, 0) is 4.74 Å². The Hall–Kier alpha value is -1.56. The van der Waals surface area contributed by atoms with Gasteiger partial charge in [-0.2, -0.15) is 0 Å². The molecule has 0 saturated heterocycles. The number of para-hydroxylation sites is 1. The van der Waals surface area contributed by atoms with Gasteiger partial charge in [0.25, 0.3) is 0 Å². The van der Waals surface area contributed by atoms with Crippen molar-refractivity contribution in [2.45, 2.75) is 13.0 Å². The molecule has 2 rings (SSSR count). The van der Waals surface area contributed by atoms with E-state index in [1.165, 1.54) is 16.2 Å². The molecule has 0 aromatic heterocycles. The molecule has 2 aromatic rings. The lowest BCUT2D eigenvalue weighted by Gasteiger charge is -2.17. The lowest BCUT2D eigenvalue weighted by molar-refractivity contribution is 0.0602. The van der Waals surface area contributed by atoms with E-state index in [2.05, 4.69) is 59.1 Å². The number of halogens is 1. The zero-order valence-corrected chi connectivity index (χ0v) is 13.5. The molecule has 1 unspecified atom stereocenters. The van der Waals surface area contributed by atoms with Crippen LogP contribution in [0.2, 0.25) is 0 Å². The molecule has 104 valence electrons. The number of hydrogen-bond acceptors (Lipinski definition) is 3. The van der Waals surface area contributed by atoms with Crippen molar-refractivity contribution in [2.24, 2.45) is 0 Å². The third kappa shape index (κ3) is 3.50. The minimum absolute atomic E-state index is 0.109. The number of nitrogens with one attached hydrogen (secondary N) is 1. The zero-order valence-electron chi connectivity index (χ0n) is 11.4. The second-order valence-corrected chi connectivity index (χ2v) is 5.70. The van der Waals surface area contributed by atoms with Gasteiger partial charge in [0.05, 0.1) is 12.7 Å². The molecule has 0 amide bonds. The van der Waals surface area contributed by atoms with E-state index in [-0.39, 0.29) is 12.0 Å². The quantitative estimate of drug-likeness (QED) is 0.636. The van der Waals surface area contributed by atoms with Gasteiger partial charge in [-0.15, -0.1) is 0 Å². The van der Waals surface area contributed by atoms with Crippen LogP contribution in [0, 0.1) is 3.57 Å². The third-order valence-electron chi connectivity index (χ3n) is 3.07. The van der Waals surface area contributed by atoms with Crippen molar-refractivity contribution in [3.63, 3.8) is 0 Å². The number of benzene rings is 2. The predicted octanol–water partition coefficient (Wildman–Crippen LogP) is 4.25. The Bertz CT molecular complexity index is 596. The second kappa shape index (κ2) is 6.74. The number of carbonyl (C=O) groups excluding carboxylic acids is 1. The predicted molar refractivity (Wildman–Crippen MR) is 89.0 cm³/mol. The fourth-order valence-electron chi connectivity index (χ4n) is 1.96. The smallest absolute Gasteiger partial charge is 0.339 e. The van der Waals surface area contributed by atoms with Crippen LogP contribution in [0.1, 0.15) is 28.9 Å². The van der Waals surface area contributed by atoms with Crippen molar-refractivity contribution in [1.82, 2.24) is 0 Å². The maximum atomic E-state index is 11.7. The average Bonchev–Trinajstić information content (AvgIpc) is 2.47. The molecule has 0 fully saturated rings. The molecule has 1 atom stereocenters. The molecule has 3 nitrogen and oxygen atoms in total. The summed E-state index contributed by atoms with van der Waals surface area (Å²) in [6.07, 6.45) is 0. The molecule has 1 N–H and O–H groups in total. The van der Waals surface area contributed by atoms with E-state index in [0.717, 1.165) is 5.69 Å². The lowest BCUT2D eigenvalue weighted by atomic mass is 10.1. The van der Waals surface area contributed by atoms with Crippen molar-refractivity contribution in [3.05, 3.63) is 63.2 Å². The number of ether oxygens (including phenoxy) is 1. The molecule has 20 heavy (non-hydrogen) atoms. The third-order valence-corrected chi connectivity index (χ3v) is 3.79. The van der Waals surface area contributed by atoms with Gasteiger partial charge >= 0.3 is 5.97 Å². The molecule has 0 aliphatic heterocycles. The van der Waals surface area contributed by atoms with Crippen LogP contribution >= 0.6 is 22.6 Å². The lowest BCUT2D eigenvalue weighted by Crippen LogP contribution is -2.11. The van der Waals surface area contributed by atoms with Crippen LogP contribution in [0.25, 0.3) is 0 Å². The number of hydrogen-bond donors (Lipinski definition) is 1. The highest BCUT2D eigenvalue weighted by molar-refractivity contribution is 14.1. The number of methoxy groups -OCH3 is 1. The first kappa shape index (κ1) is 14.8. The number of esters is 1. The minimum atomic E-state index is -0.331. The Morgan fingerprint density at radius 1 is 1.15 bits per heavy atom. The number of rotatable bonds is 4. The molecule has 0 aliphatic carbocycles. The van der Waals surface area contributed by atoms with Gasteiger partial charge in [-0.05, 0) is 59.3 Å². The summed E-state index contributed by atoms with van der Waals surface area (Å²) in [4.78, 5) is 11.7. The minimum Gasteiger partial charge on any atom is -0.465 e. The molecule has 4 heteroatoms. The first-order chi connectivity index (χ1) is 9.61. The van der Waals surface area contributed by atoms with E-state index in [9.17, 15) is 4.79 Å². The molecule has 0 radical (unpaired) electrons. The highest BCUT2D eigenvalue weighted by atomic mass is 127.